The van der Waals surface area contributed by atoms with Crippen LogP contribution < -0.4 is 10.6 Å². The van der Waals surface area contributed by atoms with Gasteiger partial charge in [0, 0.05) is 23.1 Å². The smallest absolute Gasteiger partial charge is 0.104 e. The van der Waals surface area contributed by atoms with E-state index in [1.807, 2.05) is 12.1 Å². The molecule has 0 aliphatic heterocycles. The Balaban J connectivity index is 2.13. The van der Waals surface area contributed by atoms with Crippen LogP contribution in [0, 0.1) is 5.41 Å². The molecule has 0 heterocycles. The van der Waals surface area contributed by atoms with Gasteiger partial charge in [-0.05, 0) is 65.2 Å². The van der Waals surface area contributed by atoms with Crippen LogP contribution in [0.15, 0.2) is 22.7 Å². The normalized spacial score (nSPS) is 18.8. The van der Waals surface area contributed by atoms with E-state index in [9.17, 15) is 0 Å². The molecule has 0 bridgehead atoms. The van der Waals surface area contributed by atoms with Gasteiger partial charge in [0.25, 0.3) is 0 Å². The fourth-order valence-electron chi connectivity index (χ4n) is 2.91. The molecule has 1 aliphatic rings. The van der Waals surface area contributed by atoms with E-state index in [2.05, 4.69) is 47.8 Å². The van der Waals surface area contributed by atoms with Crippen LogP contribution in [0.5, 0.6) is 0 Å². The van der Waals surface area contributed by atoms with Gasteiger partial charge in [0.1, 0.15) is 4.99 Å². The highest BCUT2D eigenvalue weighted by molar-refractivity contribution is 9.10. The van der Waals surface area contributed by atoms with Crippen molar-refractivity contribution >= 4 is 38.8 Å². The van der Waals surface area contributed by atoms with Gasteiger partial charge in [-0.2, -0.15) is 0 Å². The topological polar surface area (TPSA) is 29.3 Å². The van der Waals surface area contributed by atoms with Crippen LogP contribution in [0.3, 0.4) is 0 Å². The van der Waals surface area contributed by atoms with E-state index >= 15 is 0 Å². The van der Waals surface area contributed by atoms with Crippen LogP contribution in [0.2, 0.25) is 0 Å². The minimum Gasteiger partial charge on any atom is -0.389 e. The number of nitrogens with zero attached hydrogens (tertiary/aromatic N) is 1. The van der Waals surface area contributed by atoms with Crippen molar-refractivity contribution < 1.29 is 0 Å². The first-order chi connectivity index (χ1) is 9.30. The maximum absolute atomic E-state index is 5.68. The van der Waals surface area contributed by atoms with Crippen LogP contribution in [0.4, 0.5) is 5.69 Å². The SMILES string of the molecule is CN(c1ccc(C(N)=S)cc1Br)C1CCC(C)(C)CC1. The van der Waals surface area contributed by atoms with E-state index in [-0.39, 0.29) is 0 Å². The molecule has 1 aromatic rings. The van der Waals surface area contributed by atoms with Crippen LogP contribution in [-0.4, -0.2) is 18.1 Å². The Labute approximate surface area is 135 Å². The Kier molecular flexibility index (Phi) is 4.75. The summed E-state index contributed by atoms with van der Waals surface area (Å²) in [5, 5.41) is 0. The molecule has 2 N–H and O–H groups in total. The zero-order valence-corrected chi connectivity index (χ0v) is 14.9. The van der Waals surface area contributed by atoms with Crippen LogP contribution in [0.25, 0.3) is 0 Å². The summed E-state index contributed by atoms with van der Waals surface area (Å²) in [5.41, 5.74) is 8.31. The third kappa shape index (κ3) is 3.53. The van der Waals surface area contributed by atoms with Gasteiger partial charge < -0.3 is 10.6 Å². The Morgan fingerprint density at radius 1 is 1.35 bits per heavy atom. The van der Waals surface area contributed by atoms with Crippen molar-refractivity contribution in [3.63, 3.8) is 0 Å². The van der Waals surface area contributed by atoms with Crippen molar-refractivity contribution in [1.82, 2.24) is 0 Å². The maximum Gasteiger partial charge on any atom is 0.104 e. The van der Waals surface area contributed by atoms with E-state index in [1.54, 1.807) is 0 Å². The second-order valence-electron chi connectivity index (χ2n) is 6.54. The maximum atomic E-state index is 5.68. The molecule has 0 atom stereocenters. The second-order valence-corrected chi connectivity index (χ2v) is 7.83. The molecular weight excluding hydrogens is 332 g/mol. The fourth-order valence-corrected chi connectivity index (χ4v) is 3.70. The molecule has 1 aliphatic carbocycles. The lowest BCUT2D eigenvalue weighted by Crippen LogP contribution is -2.37. The van der Waals surface area contributed by atoms with Crippen molar-refractivity contribution in [2.24, 2.45) is 11.1 Å². The van der Waals surface area contributed by atoms with Gasteiger partial charge >= 0.3 is 0 Å². The molecule has 4 heteroatoms. The number of benzene rings is 1. The highest BCUT2D eigenvalue weighted by atomic mass is 79.9. The summed E-state index contributed by atoms with van der Waals surface area (Å²) in [6.45, 7) is 4.74. The Morgan fingerprint density at radius 3 is 2.45 bits per heavy atom. The average molecular weight is 355 g/mol. The lowest BCUT2D eigenvalue weighted by Gasteiger charge is -2.40. The van der Waals surface area contributed by atoms with Gasteiger partial charge in [0.2, 0.25) is 0 Å². The highest BCUT2D eigenvalue weighted by Crippen LogP contribution is 2.39. The molecule has 110 valence electrons. The summed E-state index contributed by atoms with van der Waals surface area (Å²) in [7, 11) is 2.18. The molecule has 20 heavy (non-hydrogen) atoms. The molecule has 0 spiro atoms. The minimum atomic E-state index is 0.444. The molecule has 0 unspecified atom stereocenters. The average Bonchev–Trinajstić information content (AvgIpc) is 2.37. The predicted molar refractivity (Wildman–Crippen MR) is 94.5 cm³/mol. The van der Waals surface area contributed by atoms with Crippen LogP contribution in [-0.2, 0) is 0 Å². The number of halogens is 1. The molecule has 0 radical (unpaired) electrons. The monoisotopic (exact) mass is 354 g/mol. The van der Waals surface area contributed by atoms with Crippen molar-refractivity contribution in [2.45, 2.75) is 45.6 Å². The van der Waals surface area contributed by atoms with Crippen molar-refractivity contribution in [3.05, 3.63) is 28.2 Å². The molecule has 0 amide bonds. The summed E-state index contributed by atoms with van der Waals surface area (Å²) < 4.78 is 1.06. The number of rotatable bonds is 3. The number of hydrogen-bond donors (Lipinski definition) is 1. The molecule has 0 saturated heterocycles. The van der Waals surface area contributed by atoms with E-state index < -0.39 is 0 Å². The van der Waals surface area contributed by atoms with E-state index in [1.165, 1.54) is 31.4 Å². The standard InChI is InChI=1S/C16H23BrN2S/c1-16(2)8-6-12(7-9-16)19(3)14-5-4-11(15(18)20)10-13(14)17/h4-5,10,12H,6-9H2,1-3H3,(H2,18,20). The van der Waals surface area contributed by atoms with Crippen molar-refractivity contribution in [2.75, 3.05) is 11.9 Å². The van der Waals surface area contributed by atoms with Crippen LogP contribution in [0.1, 0.15) is 45.1 Å². The second kappa shape index (κ2) is 6.02. The van der Waals surface area contributed by atoms with E-state index in [0.29, 0.717) is 16.4 Å². The Hall–Kier alpha value is -0.610. The quantitative estimate of drug-likeness (QED) is 0.810. The molecular formula is C16H23BrN2S. The van der Waals surface area contributed by atoms with Gasteiger partial charge in [-0.1, -0.05) is 26.1 Å². The summed E-state index contributed by atoms with van der Waals surface area (Å²) >= 11 is 8.67. The van der Waals surface area contributed by atoms with E-state index in [0.717, 1.165) is 10.0 Å². The third-order valence-electron chi connectivity index (χ3n) is 4.47. The van der Waals surface area contributed by atoms with Gasteiger partial charge in [0.05, 0.1) is 5.69 Å². The molecule has 1 saturated carbocycles. The van der Waals surface area contributed by atoms with Gasteiger partial charge in [-0.3, -0.25) is 0 Å². The molecule has 2 nitrogen and oxygen atoms in total. The lowest BCUT2D eigenvalue weighted by molar-refractivity contribution is 0.222. The molecule has 1 fully saturated rings. The zero-order valence-electron chi connectivity index (χ0n) is 12.4. The molecule has 0 aromatic heterocycles. The minimum absolute atomic E-state index is 0.444. The number of thiocarbonyl (C=S) groups is 1. The summed E-state index contributed by atoms with van der Waals surface area (Å²) in [6.07, 6.45) is 5.11. The third-order valence-corrected chi connectivity index (χ3v) is 5.34. The molecule has 1 aromatic carbocycles. The first kappa shape index (κ1) is 15.8. The lowest BCUT2D eigenvalue weighted by atomic mass is 9.75. The summed E-state index contributed by atoms with van der Waals surface area (Å²) in [4.78, 5) is 2.84. The first-order valence-electron chi connectivity index (χ1n) is 7.12. The van der Waals surface area contributed by atoms with Crippen molar-refractivity contribution in [3.8, 4) is 0 Å². The van der Waals surface area contributed by atoms with Gasteiger partial charge in [-0.25, -0.2) is 0 Å². The Morgan fingerprint density at radius 2 is 1.95 bits per heavy atom. The summed E-state index contributed by atoms with van der Waals surface area (Å²) in [5.74, 6) is 0. The zero-order chi connectivity index (χ0) is 14.9. The largest absolute Gasteiger partial charge is 0.389 e. The van der Waals surface area contributed by atoms with Gasteiger partial charge in [-0.15, -0.1) is 0 Å². The van der Waals surface area contributed by atoms with Crippen molar-refractivity contribution in [1.29, 1.82) is 0 Å². The fraction of sp³-hybridized carbons (Fsp3) is 0.562. The first-order valence-corrected chi connectivity index (χ1v) is 8.32. The number of hydrogen-bond acceptors (Lipinski definition) is 2. The highest BCUT2D eigenvalue weighted by Gasteiger charge is 2.29. The number of nitrogens with two attached hydrogens (primary N) is 1. The predicted octanol–water partition coefficient (Wildman–Crippen LogP) is 4.49. The summed E-state index contributed by atoms with van der Waals surface area (Å²) in [6, 6.07) is 6.75. The van der Waals surface area contributed by atoms with Gasteiger partial charge in [0.15, 0.2) is 0 Å². The number of anilines is 1. The Bertz CT molecular complexity index is 503. The van der Waals surface area contributed by atoms with Crippen LogP contribution >= 0.6 is 28.1 Å². The molecule has 2 rings (SSSR count). The van der Waals surface area contributed by atoms with E-state index in [4.69, 9.17) is 18.0 Å².